The van der Waals surface area contributed by atoms with Crippen LogP contribution in [-0.2, 0) is 5.33 Å². The zero-order valence-corrected chi connectivity index (χ0v) is 10.3. The Balaban J connectivity index is 2.73. The number of alkyl halides is 1. The van der Waals surface area contributed by atoms with Gasteiger partial charge in [0.25, 0.3) is 0 Å². The number of phenolic OH excluding ortho intramolecular Hbond substituents is 1. The van der Waals surface area contributed by atoms with Crippen molar-refractivity contribution in [3.8, 4) is 5.75 Å². The third-order valence-electron chi connectivity index (χ3n) is 1.97. The van der Waals surface area contributed by atoms with E-state index in [1.54, 1.807) is 18.2 Å². The van der Waals surface area contributed by atoms with Crippen molar-refractivity contribution in [2.75, 3.05) is 0 Å². The molecule has 0 aliphatic carbocycles. The third-order valence-corrected chi connectivity index (χ3v) is 3.26. The second-order valence-electron chi connectivity index (χ2n) is 2.95. The van der Waals surface area contributed by atoms with Crippen molar-refractivity contribution in [2.24, 2.45) is 0 Å². The summed E-state index contributed by atoms with van der Waals surface area (Å²) in [5, 5.41) is 11.0. The molecule has 0 atom stereocenters. The summed E-state index contributed by atoms with van der Waals surface area (Å²) in [6.07, 6.45) is 0. The van der Waals surface area contributed by atoms with E-state index in [1.807, 2.05) is 6.07 Å². The highest BCUT2D eigenvalue weighted by molar-refractivity contribution is 9.10. The van der Waals surface area contributed by atoms with E-state index in [0.717, 1.165) is 26.4 Å². The maximum atomic E-state index is 9.31. The van der Waals surface area contributed by atoms with E-state index in [4.69, 9.17) is 0 Å². The van der Waals surface area contributed by atoms with Crippen LogP contribution in [0.25, 0.3) is 10.9 Å². The molecule has 14 heavy (non-hydrogen) atoms. The maximum absolute atomic E-state index is 9.31. The lowest BCUT2D eigenvalue weighted by Gasteiger charge is -2.03. The Bertz CT molecular complexity index is 485. The molecule has 1 aromatic heterocycles. The quantitative estimate of drug-likeness (QED) is 0.644. The first kappa shape index (κ1) is 9.93. The molecule has 0 spiro atoms. The van der Waals surface area contributed by atoms with Crippen molar-refractivity contribution in [2.45, 2.75) is 5.33 Å². The van der Waals surface area contributed by atoms with E-state index in [0.29, 0.717) is 0 Å². The average molecular weight is 317 g/mol. The highest BCUT2D eigenvalue weighted by Gasteiger charge is 2.03. The monoisotopic (exact) mass is 315 g/mol. The Kier molecular flexibility index (Phi) is 2.74. The highest BCUT2D eigenvalue weighted by atomic mass is 79.9. The van der Waals surface area contributed by atoms with E-state index >= 15 is 0 Å². The van der Waals surface area contributed by atoms with Crippen LogP contribution in [0, 0.1) is 0 Å². The minimum atomic E-state index is 0.266. The SMILES string of the molecule is Oc1ccc2nc(Br)c(CBr)cc2c1. The van der Waals surface area contributed by atoms with Gasteiger partial charge in [-0.2, -0.15) is 0 Å². The highest BCUT2D eigenvalue weighted by Crippen LogP contribution is 2.25. The number of halogens is 2. The fourth-order valence-electron chi connectivity index (χ4n) is 1.28. The van der Waals surface area contributed by atoms with Crippen molar-refractivity contribution >= 4 is 42.8 Å². The molecule has 0 saturated carbocycles. The zero-order chi connectivity index (χ0) is 10.1. The predicted molar refractivity (Wildman–Crippen MR) is 63.7 cm³/mol. The molecular weight excluding hydrogens is 310 g/mol. The predicted octanol–water partition coefficient (Wildman–Crippen LogP) is 3.60. The summed E-state index contributed by atoms with van der Waals surface area (Å²) >= 11 is 6.77. The molecule has 0 fully saturated rings. The molecule has 0 unspecified atom stereocenters. The van der Waals surface area contributed by atoms with Gasteiger partial charge >= 0.3 is 0 Å². The van der Waals surface area contributed by atoms with Gasteiger partial charge in [0.15, 0.2) is 0 Å². The van der Waals surface area contributed by atoms with Crippen LogP contribution in [0.15, 0.2) is 28.9 Å². The summed E-state index contributed by atoms with van der Waals surface area (Å²) in [4.78, 5) is 4.36. The second-order valence-corrected chi connectivity index (χ2v) is 4.26. The van der Waals surface area contributed by atoms with E-state index in [-0.39, 0.29) is 5.75 Å². The molecule has 0 aliphatic rings. The molecule has 0 aliphatic heterocycles. The summed E-state index contributed by atoms with van der Waals surface area (Å²) in [7, 11) is 0. The normalized spacial score (nSPS) is 10.7. The summed E-state index contributed by atoms with van der Waals surface area (Å²) in [5.41, 5.74) is 1.95. The van der Waals surface area contributed by atoms with E-state index < -0.39 is 0 Å². The fourth-order valence-corrected chi connectivity index (χ4v) is 2.53. The number of aromatic hydroxyl groups is 1. The zero-order valence-electron chi connectivity index (χ0n) is 7.17. The number of benzene rings is 1. The van der Waals surface area contributed by atoms with Gasteiger partial charge in [-0.1, -0.05) is 15.9 Å². The molecule has 1 aromatic carbocycles. The smallest absolute Gasteiger partial charge is 0.116 e. The molecule has 1 N–H and O–H groups in total. The summed E-state index contributed by atoms with van der Waals surface area (Å²) < 4.78 is 0.840. The van der Waals surface area contributed by atoms with Gasteiger partial charge in [0.05, 0.1) is 5.52 Å². The largest absolute Gasteiger partial charge is 0.508 e. The number of pyridine rings is 1. The van der Waals surface area contributed by atoms with Crippen LogP contribution in [0.5, 0.6) is 5.75 Å². The van der Waals surface area contributed by atoms with E-state index in [1.165, 1.54) is 0 Å². The molecule has 0 bridgehead atoms. The molecule has 0 radical (unpaired) electrons. The molecule has 1 heterocycles. The lowest BCUT2D eigenvalue weighted by Crippen LogP contribution is -1.86. The number of hydrogen-bond acceptors (Lipinski definition) is 2. The topological polar surface area (TPSA) is 33.1 Å². The van der Waals surface area contributed by atoms with Gasteiger partial charge < -0.3 is 5.11 Å². The van der Waals surface area contributed by atoms with Crippen LogP contribution in [0.3, 0.4) is 0 Å². The van der Waals surface area contributed by atoms with Gasteiger partial charge in [0, 0.05) is 10.7 Å². The number of hydrogen-bond donors (Lipinski definition) is 1. The van der Waals surface area contributed by atoms with E-state index in [2.05, 4.69) is 36.8 Å². The maximum Gasteiger partial charge on any atom is 0.116 e. The molecule has 2 aromatic rings. The molecule has 0 amide bonds. The molecule has 0 saturated heterocycles. The van der Waals surface area contributed by atoms with Crippen LogP contribution < -0.4 is 0 Å². The number of aromatic nitrogens is 1. The Labute approximate surface area is 98.2 Å². The minimum absolute atomic E-state index is 0.266. The molecule has 2 nitrogen and oxygen atoms in total. The van der Waals surface area contributed by atoms with Crippen molar-refractivity contribution in [1.29, 1.82) is 0 Å². The minimum Gasteiger partial charge on any atom is -0.508 e. The van der Waals surface area contributed by atoms with E-state index in [9.17, 15) is 5.11 Å². The van der Waals surface area contributed by atoms with Gasteiger partial charge in [-0.3, -0.25) is 0 Å². The molecule has 72 valence electrons. The van der Waals surface area contributed by atoms with Crippen molar-refractivity contribution in [1.82, 2.24) is 4.98 Å². The average Bonchev–Trinajstić information content (AvgIpc) is 2.17. The Morgan fingerprint density at radius 3 is 2.79 bits per heavy atom. The van der Waals surface area contributed by atoms with Gasteiger partial charge in [0.1, 0.15) is 10.4 Å². The van der Waals surface area contributed by atoms with Gasteiger partial charge in [-0.05, 0) is 45.8 Å². The number of phenols is 1. The van der Waals surface area contributed by atoms with Crippen molar-refractivity contribution < 1.29 is 5.11 Å². The summed E-state index contributed by atoms with van der Waals surface area (Å²) in [6, 6.07) is 7.14. The third kappa shape index (κ3) is 1.77. The standard InChI is InChI=1S/C10H7Br2NO/c11-5-7-3-6-4-8(14)1-2-9(6)13-10(7)12/h1-4,14H,5H2. The van der Waals surface area contributed by atoms with Gasteiger partial charge in [0.2, 0.25) is 0 Å². The second kappa shape index (κ2) is 3.87. The van der Waals surface area contributed by atoms with Crippen LogP contribution in [-0.4, -0.2) is 10.1 Å². The Hall–Kier alpha value is -0.610. The number of fused-ring (bicyclic) bond motifs is 1. The Morgan fingerprint density at radius 2 is 2.07 bits per heavy atom. The first-order valence-corrected chi connectivity index (χ1v) is 5.96. The van der Waals surface area contributed by atoms with Crippen LogP contribution in [0.1, 0.15) is 5.56 Å². The lowest BCUT2D eigenvalue weighted by molar-refractivity contribution is 0.476. The number of rotatable bonds is 1. The van der Waals surface area contributed by atoms with Crippen LogP contribution >= 0.6 is 31.9 Å². The summed E-state index contributed by atoms with van der Waals surface area (Å²) in [5.74, 6) is 0.266. The molecular formula is C10H7Br2NO. The lowest BCUT2D eigenvalue weighted by atomic mass is 10.2. The summed E-state index contributed by atoms with van der Waals surface area (Å²) in [6.45, 7) is 0. The van der Waals surface area contributed by atoms with Crippen molar-refractivity contribution in [3.05, 3.63) is 34.4 Å². The van der Waals surface area contributed by atoms with Crippen molar-refractivity contribution in [3.63, 3.8) is 0 Å². The number of nitrogens with zero attached hydrogens (tertiary/aromatic N) is 1. The Morgan fingerprint density at radius 1 is 1.29 bits per heavy atom. The van der Waals surface area contributed by atoms with Gasteiger partial charge in [-0.15, -0.1) is 0 Å². The first-order chi connectivity index (χ1) is 6.70. The van der Waals surface area contributed by atoms with Crippen LogP contribution in [0.4, 0.5) is 0 Å². The molecule has 4 heteroatoms. The van der Waals surface area contributed by atoms with Crippen LogP contribution in [0.2, 0.25) is 0 Å². The van der Waals surface area contributed by atoms with Gasteiger partial charge in [-0.25, -0.2) is 4.98 Å². The fraction of sp³-hybridized carbons (Fsp3) is 0.100. The molecule has 2 rings (SSSR count). The first-order valence-electron chi connectivity index (χ1n) is 4.05.